The zero-order valence-electron chi connectivity index (χ0n) is 10.8. The van der Waals surface area contributed by atoms with E-state index in [2.05, 4.69) is 5.32 Å². The molecular weight excluding hydrogens is 236 g/mol. The predicted octanol–water partition coefficient (Wildman–Crippen LogP) is 2.06. The lowest BCUT2D eigenvalue weighted by molar-refractivity contribution is -0.132. The molecule has 0 unspecified atom stereocenters. The number of carbonyl (C=O) groups is 1. The summed E-state index contributed by atoms with van der Waals surface area (Å²) in [6.07, 6.45) is 7.12. The molecule has 1 saturated heterocycles. The van der Waals surface area contributed by atoms with Gasteiger partial charge in [0.05, 0.1) is 0 Å². The van der Waals surface area contributed by atoms with Crippen molar-refractivity contribution in [2.24, 2.45) is 11.8 Å². The zero-order valence-corrected chi connectivity index (χ0v) is 11.6. The zero-order chi connectivity index (χ0) is 11.4. The average Bonchev–Trinajstić information content (AvgIpc) is 2.24. The molecule has 0 spiro atoms. The number of hydrogen-bond donors (Lipinski definition) is 1. The smallest absolute Gasteiger partial charge is 0.222 e. The van der Waals surface area contributed by atoms with E-state index in [4.69, 9.17) is 0 Å². The van der Waals surface area contributed by atoms with Crippen LogP contribution in [0.25, 0.3) is 0 Å². The lowest BCUT2D eigenvalue weighted by atomic mass is 9.85. The normalized spacial score (nSPS) is 21.5. The number of piperidine rings is 1. The number of carbonyl (C=O) groups excluding carboxylic acids is 1. The van der Waals surface area contributed by atoms with Gasteiger partial charge in [-0.1, -0.05) is 6.42 Å². The van der Waals surface area contributed by atoms with E-state index < -0.39 is 0 Å². The fourth-order valence-corrected chi connectivity index (χ4v) is 2.65. The highest BCUT2D eigenvalue weighted by atomic mass is 35.5. The molecule has 0 aromatic heterocycles. The molecule has 2 fully saturated rings. The lowest BCUT2D eigenvalue weighted by Gasteiger charge is -2.31. The molecule has 100 valence electrons. The van der Waals surface area contributed by atoms with Gasteiger partial charge >= 0.3 is 0 Å². The molecule has 3 nitrogen and oxygen atoms in total. The highest BCUT2D eigenvalue weighted by molar-refractivity contribution is 5.85. The van der Waals surface area contributed by atoms with E-state index in [1.54, 1.807) is 0 Å². The molecule has 1 aliphatic carbocycles. The quantitative estimate of drug-likeness (QED) is 0.839. The third kappa shape index (κ3) is 4.47. The van der Waals surface area contributed by atoms with Gasteiger partial charge in [0, 0.05) is 20.0 Å². The van der Waals surface area contributed by atoms with E-state index >= 15 is 0 Å². The molecule has 0 atom stereocenters. The summed E-state index contributed by atoms with van der Waals surface area (Å²) in [4.78, 5) is 14.0. The summed E-state index contributed by atoms with van der Waals surface area (Å²) in [7, 11) is 1.97. The topological polar surface area (TPSA) is 32.3 Å². The van der Waals surface area contributed by atoms with Gasteiger partial charge in [-0.05, 0) is 50.6 Å². The third-order valence-corrected chi connectivity index (χ3v) is 4.10. The van der Waals surface area contributed by atoms with Gasteiger partial charge in [0.1, 0.15) is 0 Å². The van der Waals surface area contributed by atoms with Gasteiger partial charge in [-0.3, -0.25) is 4.79 Å². The molecule has 4 heteroatoms. The Morgan fingerprint density at radius 3 is 2.35 bits per heavy atom. The molecule has 2 aliphatic rings. The second-order valence-corrected chi connectivity index (χ2v) is 5.47. The van der Waals surface area contributed by atoms with Crippen LogP contribution < -0.4 is 5.32 Å². The van der Waals surface area contributed by atoms with Crippen LogP contribution >= 0.6 is 12.4 Å². The van der Waals surface area contributed by atoms with Crippen LogP contribution in [-0.2, 0) is 4.79 Å². The van der Waals surface area contributed by atoms with E-state index in [0.717, 1.165) is 32.0 Å². The van der Waals surface area contributed by atoms with Gasteiger partial charge in [0.2, 0.25) is 5.91 Å². The van der Waals surface area contributed by atoms with Crippen molar-refractivity contribution in [3.05, 3.63) is 0 Å². The summed E-state index contributed by atoms with van der Waals surface area (Å²) in [5.74, 6) is 1.78. The number of hydrogen-bond acceptors (Lipinski definition) is 2. The molecule has 1 amide bonds. The maximum absolute atomic E-state index is 12.0. The van der Waals surface area contributed by atoms with Crippen LogP contribution in [-0.4, -0.2) is 37.5 Å². The monoisotopic (exact) mass is 260 g/mol. The maximum atomic E-state index is 12.0. The first kappa shape index (κ1) is 14.8. The van der Waals surface area contributed by atoms with E-state index in [-0.39, 0.29) is 12.4 Å². The summed E-state index contributed by atoms with van der Waals surface area (Å²) >= 11 is 0. The van der Waals surface area contributed by atoms with Gasteiger partial charge < -0.3 is 10.2 Å². The van der Waals surface area contributed by atoms with Gasteiger partial charge in [-0.15, -0.1) is 12.4 Å². The van der Waals surface area contributed by atoms with E-state index in [0.29, 0.717) is 11.8 Å². The Morgan fingerprint density at radius 1 is 1.18 bits per heavy atom. The van der Waals surface area contributed by atoms with E-state index in [1.807, 2.05) is 11.9 Å². The van der Waals surface area contributed by atoms with Gasteiger partial charge in [-0.2, -0.15) is 0 Å². The first-order chi connectivity index (χ1) is 7.75. The highest BCUT2D eigenvalue weighted by Gasteiger charge is 2.23. The Balaban J connectivity index is 0.00000144. The Bertz CT molecular complexity index is 238. The molecular formula is C13H25ClN2O. The lowest BCUT2D eigenvalue weighted by Crippen LogP contribution is -2.37. The summed E-state index contributed by atoms with van der Waals surface area (Å²) in [5, 5.41) is 3.34. The second-order valence-electron chi connectivity index (χ2n) is 5.47. The van der Waals surface area contributed by atoms with Crippen LogP contribution in [0.3, 0.4) is 0 Å². The van der Waals surface area contributed by atoms with Gasteiger partial charge in [-0.25, -0.2) is 0 Å². The van der Waals surface area contributed by atoms with Crippen molar-refractivity contribution < 1.29 is 4.79 Å². The average molecular weight is 261 g/mol. The fourth-order valence-electron chi connectivity index (χ4n) is 2.65. The third-order valence-electron chi connectivity index (χ3n) is 4.10. The summed E-state index contributed by atoms with van der Waals surface area (Å²) in [6, 6.07) is 0. The van der Waals surface area contributed by atoms with Crippen LogP contribution in [0.15, 0.2) is 0 Å². The molecule has 1 saturated carbocycles. The molecule has 17 heavy (non-hydrogen) atoms. The molecule has 1 N–H and O–H groups in total. The van der Waals surface area contributed by atoms with Crippen LogP contribution in [0.5, 0.6) is 0 Å². The molecule has 1 heterocycles. The van der Waals surface area contributed by atoms with Crippen molar-refractivity contribution in [2.45, 2.75) is 38.5 Å². The summed E-state index contributed by atoms with van der Waals surface area (Å²) in [6.45, 7) is 3.17. The molecule has 2 rings (SSSR count). The highest BCUT2D eigenvalue weighted by Crippen LogP contribution is 2.27. The Labute approximate surface area is 111 Å². The summed E-state index contributed by atoms with van der Waals surface area (Å²) < 4.78 is 0. The predicted molar refractivity (Wildman–Crippen MR) is 72.4 cm³/mol. The Hall–Kier alpha value is -0.280. The molecule has 0 aromatic carbocycles. The minimum absolute atomic E-state index is 0. The first-order valence-electron chi connectivity index (χ1n) is 6.70. The number of nitrogens with zero attached hydrogens (tertiary/aromatic N) is 1. The van der Waals surface area contributed by atoms with Crippen LogP contribution in [0.4, 0.5) is 0 Å². The fraction of sp³-hybridized carbons (Fsp3) is 0.923. The number of nitrogens with one attached hydrogen (secondary N) is 1. The Kier molecular flexibility index (Phi) is 6.28. The Morgan fingerprint density at radius 2 is 1.82 bits per heavy atom. The molecule has 1 aliphatic heterocycles. The van der Waals surface area contributed by atoms with Gasteiger partial charge in [0.15, 0.2) is 0 Å². The molecule has 0 aromatic rings. The van der Waals surface area contributed by atoms with E-state index in [1.165, 1.54) is 32.1 Å². The maximum Gasteiger partial charge on any atom is 0.222 e. The van der Waals surface area contributed by atoms with Crippen LogP contribution in [0.1, 0.15) is 38.5 Å². The van der Waals surface area contributed by atoms with Crippen molar-refractivity contribution in [2.75, 3.05) is 26.7 Å². The van der Waals surface area contributed by atoms with Crippen molar-refractivity contribution in [3.63, 3.8) is 0 Å². The number of halogens is 1. The van der Waals surface area contributed by atoms with E-state index in [9.17, 15) is 4.79 Å². The van der Waals surface area contributed by atoms with Gasteiger partial charge in [0.25, 0.3) is 0 Å². The minimum Gasteiger partial charge on any atom is -0.345 e. The second kappa shape index (κ2) is 7.22. The van der Waals surface area contributed by atoms with Crippen molar-refractivity contribution in [1.82, 2.24) is 10.2 Å². The van der Waals surface area contributed by atoms with Crippen LogP contribution in [0, 0.1) is 11.8 Å². The van der Waals surface area contributed by atoms with Crippen molar-refractivity contribution in [3.8, 4) is 0 Å². The minimum atomic E-state index is 0. The number of amides is 1. The molecule has 0 bridgehead atoms. The van der Waals surface area contributed by atoms with Crippen molar-refractivity contribution >= 4 is 18.3 Å². The largest absolute Gasteiger partial charge is 0.345 e. The number of rotatable bonds is 4. The standard InChI is InChI=1S/C13H24N2O.ClH/c1-15(10-12-3-2-4-12)13(16)9-11-5-7-14-8-6-11;/h11-12,14H,2-10H2,1H3;1H. The van der Waals surface area contributed by atoms with Crippen LogP contribution in [0.2, 0.25) is 0 Å². The summed E-state index contributed by atoms with van der Waals surface area (Å²) in [5.41, 5.74) is 0. The molecule has 0 radical (unpaired) electrons. The van der Waals surface area contributed by atoms with Crippen molar-refractivity contribution in [1.29, 1.82) is 0 Å². The first-order valence-corrected chi connectivity index (χ1v) is 6.70. The SMILES string of the molecule is CN(CC1CCC1)C(=O)CC1CCNCC1.Cl.